The zero-order valence-corrected chi connectivity index (χ0v) is 11.6. The molecule has 0 radical (unpaired) electrons. The van der Waals surface area contributed by atoms with E-state index in [1.807, 2.05) is 36.4 Å². The first-order chi connectivity index (χ1) is 9.31. The van der Waals surface area contributed by atoms with Crippen LogP contribution >= 0.6 is 11.6 Å². The highest BCUT2D eigenvalue weighted by molar-refractivity contribution is 6.19. The van der Waals surface area contributed by atoms with Gasteiger partial charge in [0.05, 0.1) is 11.4 Å². The van der Waals surface area contributed by atoms with Gasteiger partial charge in [-0.1, -0.05) is 48.2 Å². The summed E-state index contributed by atoms with van der Waals surface area (Å²) in [6.45, 7) is 2.63. The first-order valence-electron chi connectivity index (χ1n) is 6.12. The second-order valence-electron chi connectivity index (χ2n) is 4.15. The van der Waals surface area contributed by atoms with Crippen molar-refractivity contribution in [1.29, 1.82) is 0 Å². The predicted octanol–water partition coefficient (Wildman–Crippen LogP) is 4.16. The average Bonchev–Trinajstić information content (AvgIpc) is 2.45. The quantitative estimate of drug-likeness (QED) is 0.601. The van der Waals surface area contributed by atoms with Crippen LogP contribution in [-0.2, 0) is 6.61 Å². The van der Waals surface area contributed by atoms with Crippen molar-refractivity contribution in [3.05, 3.63) is 65.2 Å². The Balaban J connectivity index is 2.14. The molecule has 2 aromatic carbocycles. The number of halogens is 1. The largest absolute Gasteiger partial charge is 0.488 e. The van der Waals surface area contributed by atoms with Gasteiger partial charge >= 0.3 is 0 Å². The van der Waals surface area contributed by atoms with E-state index in [2.05, 4.69) is 30.9 Å². The molecule has 1 nitrogen and oxygen atoms in total. The van der Waals surface area contributed by atoms with E-state index in [0.717, 1.165) is 11.3 Å². The Hall–Kier alpha value is -1.91. The third kappa shape index (κ3) is 3.77. The van der Waals surface area contributed by atoms with Crippen molar-refractivity contribution >= 4 is 11.6 Å². The van der Waals surface area contributed by atoms with Gasteiger partial charge in [-0.25, -0.2) is 0 Å². The minimum atomic E-state index is 0.326. The van der Waals surface area contributed by atoms with Gasteiger partial charge in [0.15, 0.2) is 0 Å². The SMILES string of the molecule is Cc1ccccc1COc1ccccc1C#CCCl. The van der Waals surface area contributed by atoms with Gasteiger partial charge in [0.2, 0.25) is 0 Å². The molecule has 0 unspecified atom stereocenters. The molecule has 2 rings (SSSR count). The molecule has 96 valence electrons. The van der Waals surface area contributed by atoms with Crippen molar-refractivity contribution in [3.63, 3.8) is 0 Å². The highest BCUT2D eigenvalue weighted by Gasteiger charge is 2.02. The minimum Gasteiger partial charge on any atom is -0.488 e. The summed E-state index contributed by atoms with van der Waals surface area (Å²) in [6.07, 6.45) is 0. The normalized spacial score (nSPS) is 9.58. The third-order valence-corrected chi connectivity index (χ3v) is 2.95. The van der Waals surface area contributed by atoms with E-state index in [1.165, 1.54) is 11.1 Å². The smallest absolute Gasteiger partial charge is 0.135 e. The molecular weight excluding hydrogens is 256 g/mol. The van der Waals surface area contributed by atoms with Crippen LogP contribution in [0.1, 0.15) is 16.7 Å². The molecule has 0 aromatic heterocycles. The van der Waals surface area contributed by atoms with Crippen LogP contribution in [0.15, 0.2) is 48.5 Å². The summed E-state index contributed by atoms with van der Waals surface area (Å²) in [7, 11) is 0. The van der Waals surface area contributed by atoms with Gasteiger partial charge in [-0.15, -0.1) is 11.6 Å². The average molecular weight is 271 g/mol. The van der Waals surface area contributed by atoms with Crippen LogP contribution in [0.25, 0.3) is 0 Å². The second-order valence-corrected chi connectivity index (χ2v) is 4.41. The third-order valence-electron chi connectivity index (χ3n) is 2.82. The molecule has 0 heterocycles. The van der Waals surface area contributed by atoms with E-state index in [-0.39, 0.29) is 0 Å². The van der Waals surface area contributed by atoms with Gasteiger partial charge in [-0.2, -0.15) is 0 Å². The molecule has 2 heteroatoms. The van der Waals surface area contributed by atoms with Crippen molar-refractivity contribution in [2.45, 2.75) is 13.5 Å². The summed E-state index contributed by atoms with van der Waals surface area (Å²) in [5.74, 6) is 6.98. The van der Waals surface area contributed by atoms with Gasteiger partial charge < -0.3 is 4.74 Å². The van der Waals surface area contributed by atoms with Crippen LogP contribution < -0.4 is 4.74 Å². The maximum atomic E-state index is 5.86. The summed E-state index contributed by atoms with van der Waals surface area (Å²) in [6, 6.07) is 15.9. The Bertz CT molecular complexity index is 608. The standard InChI is InChI=1S/C17H15ClO/c1-14-7-2-3-9-16(14)13-19-17-11-5-4-8-15(17)10-6-12-18/h2-5,7-9,11H,12-13H2,1H3. The number of ether oxygens (including phenoxy) is 1. The van der Waals surface area contributed by atoms with E-state index in [9.17, 15) is 0 Å². The van der Waals surface area contributed by atoms with Crippen LogP contribution in [0.4, 0.5) is 0 Å². The van der Waals surface area contributed by atoms with Gasteiger partial charge in [0, 0.05) is 0 Å². The Kier molecular flexibility index (Phi) is 4.89. The number of hydrogen-bond donors (Lipinski definition) is 0. The number of hydrogen-bond acceptors (Lipinski definition) is 1. The highest BCUT2D eigenvalue weighted by atomic mass is 35.5. The zero-order valence-electron chi connectivity index (χ0n) is 10.8. The summed E-state index contributed by atoms with van der Waals surface area (Å²) in [5, 5.41) is 0. The lowest BCUT2D eigenvalue weighted by Crippen LogP contribution is -1.99. The highest BCUT2D eigenvalue weighted by Crippen LogP contribution is 2.19. The number of benzene rings is 2. The van der Waals surface area contributed by atoms with Crippen LogP contribution in [0.5, 0.6) is 5.75 Å². The Morgan fingerprint density at radius 3 is 2.58 bits per heavy atom. The number of rotatable bonds is 3. The van der Waals surface area contributed by atoms with E-state index >= 15 is 0 Å². The van der Waals surface area contributed by atoms with Gasteiger partial charge in [0.1, 0.15) is 12.4 Å². The topological polar surface area (TPSA) is 9.23 Å². The Labute approximate surface area is 119 Å². The van der Waals surface area contributed by atoms with Crippen LogP contribution in [0, 0.1) is 18.8 Å². The van der Waals surface area contributed by atoms with Crippen molar-refractivity contribution in [2.75, 3.05) is 5.88 Å². The molecule has 0 aliphatic heterocycles. The second kappa shape index (κ2) is 6.87. The molecule has 0 fully saturated rings. The molecule has 0 saturated heterocycles. The molecule has 0 N–H and O–H groups in total. The maximum absolute atomic E-state index is 5.86. The van der Waals surface area contributed by atoms with E-state index < -0.39 is 0 Å². The monoisotopic (exact) mass is 270 g/mol. The molecule has 0 aliphatic carbocycles. The van der Waals surface area contributed by atoms with E-state index in [0.29, 0.717) is 12.5 Å². The van der Waals surface area contributed by atoms with Crippen LogP contribution in [-0.4, -0.2) is 5.88 Å². The number of alkyl halides is 1. The number of aryl methyl sites for hydroxylation is 1. The fourth-order valence-electron chi connectivity index (χ4n) is 1.75. The van der Waals surface area contributed by atoms with Crippen molar-refractivity contribution in [3.8, 4) is 17.6 Å². The molecular formula is C17H15ClO. The van der Waals surface area contributed by atoms with Crippen molar-refractivity contribution < 1.29 is 4.74 Å². The molecule has 0 saturated carbocycles. The van der Waals surface area contributed by atoms with Gasteiger partial charge in [-0.05, 0) is 30.2 Å². The minimum absolute atomic E-state index is 0.326. The molecule has 0 aliphatic rings. The Morgan fingerprint density at radius 2 is 1.79 bits per heavy atom. The van der Waals surface area contributed by atoms with Crippen molar-refractivity contribution in [2.24, 2.45) is 0 Å². The lowest BCUT2D eigenvalue weighted by Gasteiger charge is -2.10. The lowest BCUT2D eigenvalue weighted by atomic mass is 10.1. The summed E-state index contributed by atoms with van der Waals surface area (Å²) < 4.78 is 5.86. The summed E-state index contributed by atoms with van der Waals surface area (Å²) in [4.78, 5) is 0. The van der Waals surface area contributed by atoms with Gasteiger partial charge in [0.25, 0.3) is 0 Å². The summed E-state index contributed by atoms with van der Waals surface area (Å²) >= 11 is 5.58. The van der Waals surface area contributed by atoms with Crippen LogP contribution in [0.2, 0.25) is 0 Å². The van der Waals surface area contributed by atoms with Crippen LogP contribution in [0.3, 0.4) is 0 Å². The van der Waals surface area contributed by atoms with Gasteiger partial charge in [-0.3, -0.25) is 0 Å². The maximum Gasteiger partial charge on any atom is 0.135 e. The molecule has 0 amide bonds. The molecule has 0 bridgehead atoms. The van der Waals surface area contributed by atoms with E-state index in [1.54, 1.807) is 0 Å². The Morgan fingerprint density at radius 1 is 1.05 bits per heavy atom. The van der Waals surface area contributed by atoms with Crippen molar-refractivity contribution in [1.82, 2.24) is 0 Å². The molecule has 0 spiro atoms. The first-order valence-corrected chi connectivity index (χ1v) is 6.66. The molecule has 2 aromatic rings. The molecule has 19 heavy (non-hydrogen) atoms. The fraction of sp³-hybridized carbons (Fsp3) is 0.176. The molecule has 0 atom stereocenters. The predicted molar refractivity (Wildman–Crippen MR) is 79.6 cm³/mol. The zero-order chi connectivity index (χ0) is 13.5. The fourth-order valence-corrected chi connectivity index (χ4v) is 1.82. The number of para-hydroxylation sites is 1. The van der Waals surface area contributed by atoms with E-state index in [4.69, 9.17) is 16.3 Å². The summed E-state index contributed by atoms with van der Waals surface area (Å²) in [5.41, 5.74) is 3.28. The first kappa shape index (κ1) is 13.5. The lowest BCUT2D eigenvalue weighted by molar-refractivity contribution is 0.304.